The third-order valence-corrected chi connectivity index (χ3v) is 3.49. The molecule has 1 amide bonds. The summed E-state index contributed by atoms with van der Waals surface area (Å²) in [6.07, 6.45) is 4.28. The van der Waals surface area contributed by atoms with Crippen LogP contribution in [0.3, 0.4) is 0 Å². The van der Waals surface area contributed by atoms with Gasteiger partial charge in [-0.15, -0.1) is 10.2 Å². The van der Waals surface area contributed by atoms with Gasteiger partial charge in [0.15, 0.2) is 5.82 Å². The highest BCUT2D eigenvalue weighted by Crippen LogP contribution is 2.28. The molecule has 1 aliphatic carbocycles. The number of hydrogen-bond acceptors (Lipinski definition) is 4. The van der Waals surface area contributed by atoms with Crippen molar-refractivity contribution >= 4 is 5.91 Å². The highest BCUT2D eigenvalue weighted by atomic mass is 16.1. The molecule has 0 saturated heterocycles. The number of nitrogens with zero attached hydrogens (tertiary/aromatic N) is 3. The second kappa shape index (κ2) is 5.25. The summed E-state index contributed by atoms with van der Waals surface area (Å²) >= 11 is 0. The van der Waals surface area contributed by atoms with Crippen molar-refractivity contribution < 1.29 is 4.79 Å². The molecular formula is C11H19N5O. The molecule has 1 atom stereocenters. The van der Waals surface area contributed by atoms with E-state index < -0.39 is 0 Å². The minimum absolute atomic E-state index is 0.120. The molecule has 0 bridgehead atoms. The molecule has 94 valence electrons. The molecule has 6 nitrogen and oxygen atoms in total. The van der Waals surface area contributed by atoms with Gasteiger partial charge in [0.1, 0.15) is 0 Å². The van der Waals surface area contributed by atoms with Gasteiger partial charge < -0.3 is 5.32 Å². The van der Waals surface area contributed by atoms with Gasteiger partial charge in [-0.1, -0.05) is 12.1 Å². The zero-order chi connectivity index (χ0) is 12.3. The molecule has 17 heavy (non-hydrogen) atoms. The highest BCUT2D eigenvalue weighted by Gasteiger charge is 2.25. The lowest BCUT2D eigenvalue weighted by atomic mass is 9.82. The van der Waals surface area contributed by atoms with Crippen molar-refractivity contribution in [3.05, 3.63) is 5.82 Å². The molecule has 0 spiro atoms. The summed E-state index contributed by atoms with van der Waals surface area (Å²) in [6.45, 7) is 4.12. The van der Waals surface area contributed by atoms with Crippen LogP contribution in [0, 0.1) is 11.8 Å². The van der Waals surface area contributed by atoms with E-state index in [1.807, 2.05) is 6.92 Å². The summed E-state index contributed by atoms with van der Waals surface area (Å²) in [4.78, 5) is 12.0. The van der Waals surface area contributed by atoms with E-state index in [2.05, 4.69) is 32.9 Å². The van der Waals surface area contributed by atoms with Crippen LogP contribution in [0.5, 0.6) is 0 Å². The number of rotatable bonds is 3. The summed E-state index contributed by atoms with van der Waals surface area (Å²) in [5, 5.41) is 16.5. The summed E-state index contributed by atoms with van der Waals surface area (Å²) in [5.74, 6) is 1.56. The first-order valence-electron chi connectivity index (χ1n) is 6.20. The van der Waals surface area contributed by atoms with Crippen LogP contribution < -0.4 is 5.32 Å². The first-order chi connectivity index (χ1) is 8.16. The van der Waals surface area contributed by atoms with Gasteiger partial charge in [0.05, 0.1) is 6.04 Å². The molecule has 0 aromatic carbocycles. The molecule has 1 heterocycles. The Morgan fingerprint density at radius 1 is 1.41 bits per heavy atom. The number of aromatic amines is 1. The molecule has 0 radical (unpaired) electrons. The monoisotopic (exact) mass is 237 g/mol. The maximum absolute atomic E-state index is 12.0. The average Bonchev–Trinajstić information content (AvgIpc) is 2.83. The van der Waals surface area contributed by atoms with E-state index in [1.165, 1.54) is 0 Å². The topological polar surface area (TPSA) is 83.6 Å². The van der Waals surface area contributed by atoms with E-state index >= 15 is 0 Å². The van der Waals surface area contributed by atoms with Crippen LogP contribution >= 0.6 is 0 Å². The Kier molecular flexibility index (Phi) is 3.71. The Labute approximate surface area is 101 Å². The molecule has 6 heteroatoms. The summed E-state index contributed by atoms with van der Waals surface area (Å²) in [7, 11) is 0. The van der Waals surface area contributed by atoms with E-state index in [4.69, 9.17) is 0 Å². The number of amides is 1. The van der Waals surface area contributed by atoms with Gasteiger partial charge >= 0.3 is 0 Å². The number of carbonyl (C=O) groups excluding carboxylic acids is 1. The number of hydrogen-bond donors (Lipinski definition) is 2. The number of carbonyl (C=O) groups is 1. The lowest BCUT2D eigenvalue weighted by Crippen LogP contribution is -2.35. The van der Waals surface area contributed by atoms with Gasteiger partial charge in [0.2, 0.25) is 5.91 Å². The van der Waals surface area contributed by atoms with E-state index in [-0.39, 0.29) is 17.9 Å². The van der Waals surface area contributed by atoms with Crippen LogP contribution in [0.2, 0.25) is 0 Å². The molecule has 1 aromatic rings. The molecule has 2 rings (SSSR count). The number of H-pyrrole nitrogens is 1. The van der Waals surface area contributed by atoms with Gasteiger partial charge in [-0.3, -0.25) is 4.79 Å². The molecule has 1 saturated carbocycles. The molecule has 0 aliphatic heterocycles. The van der Waals surface area contributed by atoms with Gasteiger partial charge in [0.25, 0.3) is 0 Å². The SMILES string of the molecule is CC1CCC(C(=O)NC(C)c2nn[nH]n2)CC1. The molecule has 1 fully saturated rings. The van der Waals surface area contributed by atoms with E-state index in [0.29, 0.717) is 5.82 Å². The quantitative estimate of drug-likeness (QED) is 0.827. The third kappa shape index (κ3) is 3.01. The fraction of sp³-hybridized carbons (Fsp3) is 0.818. The predicted octanol–water partition coefficient (Wildman–Crippen LogP) is 1.20. The van der Waals surface area contributed by atoms with Crippen LogP contribution in [0.15, 0.2) is 0 Å². The number of tetrazole rings is 1. The predicted molar refractivity (Wildman–Crippen MR) is 61.9 cm³/mol. The molecule has 1 aliphatic rings. The van der Waals surface area contributed by atoms with Crippen molar-refractivity contribution in [3.63, 3.8) is 0 Å². The van der Waals surface area contributed by atoms with Gasteiger partial charge in [-0.05, 0) is 38.5 Å². The lowest BCUT2D eigenvalue weighted by Gasteiger charge is -2.26. The van der Waals surface area contributed by atoms with Gasteiger partial charge in [-0.2, -0.15) is 5.21 Å². The fourth-order valence-electron chi connectivity index (χ4n) is 2.27. The second-order valence-corrected chi connectivity index (χ2v) is 4.96. The van der Waals surface area contributed by atoms with Crippen LogP contribution in [0.4, 0.5) is 0 Å². The van der Waals surface area contributed by atoms with Crippen LogP contribution in [-0.2, 0) is 4.79 Å². The van der Waals surface area contributed by atoms with Crippen molar-refractivity contribution in [2.75, 3.05) is 0 Å². The lowest BCUT2D eigenvalue weighted by molar-refractivity contribution is -0.126. The van der Waals surface area contributed by atoms with E-state index in [0.717, 1.165) is 31.6 Å². The first-order valence-corrected chi connectivity index (χ1v) is 6.20. The Morgan fingerprint density at radius 3 is 2.71 bits per heavy atom. The maximum Gasteiger partial charge on any atom is 0.223 e. The van der Waals surface area contributed by atoms with Gasteiger partial charge in [0, 0.05) is 5.92 Å². The maximum atomic E-state index is 12.0. The number of nitrogens with one attached hydrogen (secondary N) is 2. The van der Waals surface area contributed by atoms with Crippen molar-refractivity contribution in [1.82, 2.24) is 25.9 Å². The van der Waals surface area contributed by atoms with E-state index in [9.17, 15) is 4.79 Å². The van der Waals surface area contributed by atoms with Crippen LogP contribution in [0.1, 0.15) is 51.4 Å². The number of aromatic nitrogens is 4. The van der Waals surface area contributed by atoms with Crippen molar-refractivity contribution in [1.29, 1.82) is 0 Å². The summed E-state index contributed by atoms with van der Waals surface area (Å²) in [6, 6.07) is -0.180. The Bertz CT molecular complexity index is 356. The largest absolute Gasteiger partial charge is 0.346 e. The molecule has 1 aromatic heterocycles. The summed E-state index contributed by atoms with van der Waals surface area (Å²) < 4.78 is 0. The zero-order valence-corrected chi connectivity index (χ0v) is 10.3. The van der Waals surface area contributed by atoms with Crippen LogP contribution in [-0.4, -0.2) is 26.5 Å². The molecular weight excluding hydrogens is 218 g/mol. The Morgan fingerprint density at radius 2 is 2.12 bits per heavy atom. The van der Waals surface area contributed by atoms with Crippen molar-refractivity contribution in [3.8, 4) is 0 Å². The smallest absolute Gasteiger partial charge is 0.223 e. The molecule has 2 N–H and O–H groups in total. The Hall–Kier alpha value is -1.46. The zero-order valence-electron chi connectivity index (χ0n) is 10.3. The van der Waals surface area contributed by atoms with Gasteiger partial charge in [-0.25, -0.2) is 0 Å². The fourth-order valence-corrected chi connectivity index (χ4v) is 2.27. The van der Waals surface area contributed by atoms with Crippen molar-refractivity contribution in [2.45, 2.75) is 45.6 Å². The summed E-state index contributed by atoms with van der Waals surface area (Å²) in [5.41, 5.74) is 0. The normalized spacial score (nSPS) is 26.5. The first kappa shape index (κ1) is 12.0. The van der Waals surface area contributed by atoms with E-state index in [1.54, 1.807) is 0 Å². The minimum Gasteiger partial charge on any atom is -0.346 e. The second-order valence-electron chi connectivity index (χ2n) is 4.96. The van der Waals surface area contributed by atoms with Crippen molar-refractivity contribution in [2.24, 2.45) is 11.8 Å². The third-order valence-electron chi connectivity index (χ3n) is 3.49. The highest BCUT2D eigenvalue weighted by molar-refractivity contribution is 5.79. The Balaban J connectivity index is 1.85. The standard InChI is InChI=1S/C11H19N5O/c1-7-3-5-9(6-4-7)11(17)12-8(2)10-13-15-16-14-10/h7-9H,3-6H2,1-2H3,(H,12,17)(H,13,14,15,16). The van der Waals surface area contributed by atoms with Crippen LogP contribution in [0.25, 0.3) is 0 Å². The average molecular weight is 237 g/mol. The molecule has 1 unspecified atom stereocenters. The minimum atomic E-state index is -0.180.